The Hall–Kier alpha value is -2.76. The fraction of sp³-hybridized carbons (Fsp3) is 0.542. The Balaban J connectivity index is 1.72. The predicted octanol–water partition coefficient (Wildman–Crippen LogP) is 2.61. The molecular formula is C24H34N6O4S. The van der Waals surface area contributed by atoms with Crippen LogP contribution in [-0.2, 0) is 17.1 Å². The van der Waals surface area contributed by atoms with Crippen LogP contribution >= 0.6 is 0 Å². The van der Waals surface area contributed by atoms with Gasteiger partial charge in [0.25, 0.3) is 5.56 Å². The fourth-order valence-corrected chi connectivity index (χ4v) is 6.01. The van der Waals surface area contributed by atoms with Gasteiger partial charge < -0.3 is 15.0 Å². The second-order valence-corrected chi connectivity index (χ2v) is 11.1. The number of aryl methyl sites for hydroxylation is 1. The van der Waals surface area contributed by atoms with Crippen LogP contribution in [0.4, 0.5) is 0 Å². The van der Waals surface area contributed by atoms with Gasteiger partial charge in [-0.2, -0.15) is 5.10 Å². The fourth-order valence-electron chi connectivity index (χ4n) is 4.78. The zero-order chi connectivity index (χ0) is 25.2. The summed E-state index contributed by atoms with van der Waals surface area (Å²) in [7, 11) is 2.96. The summed E-state index contributed by atoms with van der Waals surface area (Å²) in [6.45, 7) is 1.11. The Morgan fingerprint density at radius 1 is 1.26 bits per heavy atom. The van der Waals surface area contributed by atoms with Crippen molar-refractivity contribution in [2.75, 3.05) is 34.3 Å². The molecule has 11 heteroatoms. The third kappa shape index (κ3) is 4.98. The second kappa shape index (κ2) is 10.5. The van der Waals surface area contributed by atoms with Gasteiger partial charge in [0, 0.05) is 32.6 Å². The number of nitrogens with one attached hydrogen (secondary N) is 2. The van der Waals surface area contributed by atoms with Crippen LogP contribution in [0, 0.1) is 0 Å². The summed E-state index contributed by atoms with van der Waals surface area (Å²) in [5.41, 5.74) is 1.58. The molecular weight excluding hydrogens is 468 g/mol. The molecule has 0 aliphatic heterocycles. The summed E-state index contributed by atoms with van der Waals surface area (Å²) >= 11 is 0. The Morgan fingerprint density at radius 2 is 2.00 bits per heavy atom. The van der Waals surface area contributed by atoms with Gasteiger partial charge in [-0.15, -0.1) is 0 Å². The number of H-pyrrole nitrogens is 1. The molecule has 0 amide bonds. The molecule has 0 saturated heterocycles. The minimum Gasteiger partial charge on any atom is -0.496 e. The van der Waals surface area contributed by atoms with Gasteiger partial charge in [0.15, 0.2) is 5.65 Å². The Morgan fingerprint density at radius 3 is 2.69 bits per heavy atom. The van der Waals surface area contributed by atoms with Crippen molar-refractivity contribution in [3.8, 4) is 17.1 Å². The normalized spacial score (nSPS) is 15.2. The summed E-state index contributed by atoms with van der Waals surface area (Å²) in [5.74, 6) is 0.890. The lowest BCUT2D eigenvalue weighted by Crippen LogP contribution is -2.29. The van der Waals surface area contributed by atoms with E-state index in [1.807, 2.05) is 7.05 Å². The quantitative estimate of drug-likeness (QED) is 0.431. The maximum Gasteiger partial charge on any atom is 0.262 e. The van der Waals surface area contributed by atoms with Crippen molar-refractivity contribution in [2.45, 2.75) is 49.3 Å². The van der Waals surface area contributed by atoms with Crippen LogP contribution < -0.4 is 15.6 Å². The number of ether oxygens (including phenoxy) is 1. The summed E-state index contributed by atoms with van der Waals surface area (Å²) in [4.78, 5) is 20.9. The topological polar surface area (TPSA) is 122 Å². The number of hydrogen-bond donors (Lipinski definition) is 2. The molecule has 0 spiro atoms. The molecule has 1 aliphatic carbocycles. The van der Waals surface area contributed by atoms with Crippen molar-refractivity contribution in [3.05, 3.63) is 34.2 Å². The van der Waals surface area contributed by atoms with E-state index in [1.54, 1.807) is 24.8 Å². The minimum absolute atomic E-state index is 0.119. The molecule has 0 bridgehead atoms. The van der Waals surface area contributed by atoms with E-state index in [2.05, 4.69) is 15.4 Å². The van der Waals surface area contributed by atoms with Crippen LogP contribution in [0.25, 0.3) is 22.4 Å². The lowest BCUT2D eigenvalue weighted by atomic mass is 9.86. The summed E-state index contributed by atoms with van der Waals surface area (Å²) in [5, 5.41) is 8.21. The number of hydrogen-bond acceptors (Lipinski definition) is 7. The number of benzene rings is 1. The zero-order valence-electron chi connectivity index (χ0n) is 20.8. The molecule has 1 aliphatic rings. The second-order valence-electron chi connectivity index (χ2n) is 9.10. The molecule has 0 atom stereocenters. The Bertz CT molecular complexity index is 1360. The van der Waals surface area contributed by atoms with E-state index in [0.717, 1.165) is 37.9 Å². The van der Waals surface area contributed by atoms with Crippen LogP contribution in [-0.4, -0.2) is 66.8 Å². The number of aromatic amines is 1. The molecule has 0 radical (unpaired) electrons. The summed E-state index contributed by atoms with van der Waals surface area (Å²) < 4.78 is 34.6. The summed E-state index contributed by atoms with van der Waals surface area (Å²) in [6, 6.07) is 4.61. The van der Waals surface area contributed by atoms with E-state index in [0.29, 0.717) is 41.1 Å². The Kier molecular flexibility index (Phi) is 7.58. The first kappa shape index (κ1) is 25.3. The number of sulfonamides is 1. The standard InChI is InChI=1S/C24H34N6O4S/c1-25-13-8-14-29(2)35(32,33)17-11-12-18(19(15-17)34-4)22-26-23-20(24(31)27-22)21(28-30(23)3)16-9-6-5-7-10-16/h11-12,15-16,25H,5-10,13-14H2,1-4H3,(H,26,27,31). The first-order valence-electron chi connectivity index (χ1n) is 12.0. The van der Waals surface area contributed by atoms with Gasteiger partial charge in [-0.05, 0) is 45.0 Å². The molecule has 2 aromatic heterocycles. The van der Waals surface area contributed by atoms with Crippen LogP contribution in [0.3, 0.4) is 0 Å². The third-order valence-corrected chi connectivity index (χ3v) is 8.60. The number of aromatic nitrogens is 4. The molecule has 10 nitrogen and oxygen atoms in total. The number of methoxy groups -OCH3 is 1. The van der Waals surface area contributed by atoms with Crippen molar-refractivity contribution in [1.82, 2.24) is 29.4 Å². The average Bonchev–Trinajstić information content (AvgIpc) is 3.21. The van der Waals surface area contributed by atoms with Gasteiger partial charge in [0.1, 0.15) is 17.0 Å². The van der Waals surface area contributed by atoms with Gasteiger partial charge >= 0.3 is 0 Å². The average molecular weight is 503 g/mol. The third-order valence-electron chi connectivity index (χ3n) is 6.75. The highest BCUT2D eigenvalue weighted by molar-refractivity contribution is 7.89. The van der Waals surface area contributed by atoms with Crippen LogP contribution in [0.2, 0.25) is 0 Å². The van der Waals surface area contributed by atoms with Gasteiger partial charge in [0.05, 0.1) is 23.3 Å². The van der Waals surface area contributed by atoms with E-state index in [4.69, 9.17) is 9.72 Å². The molecule has 3 aromatic rings. The van der Waals surface area contributed by atoms with Crippen molar-refractivity contribution >= 4 is 21.1 Å². The smallest absolute Gasteiger partial charge is 0.262 e. The molecule has 190 valence electrons. The molecule has 2 N–H and O–H groups in total. The maximum absolute atomic E-state index is 13.2. The van der Waals surface area contributed by atoms with E-state index >= 15 is 0 Å². The number of fused-ring (bicyclic) bond motifs is 1. The maximum atomic E-state index is 13.2. The van der Waals surface area contributed by atoms with Crippen LogP contribution in [0.1, 0.15) is 50.1 Å². The van der Waals surface area contributed by atoms with E-state index < -0.39 is 10.0 Å². The van der Waals surface area contributed by atoms with E-state index in [1.165, 1.54) is 30.0 Å². The molecule has 4 rings (SSSR count). The van der Waals surface area contributed by atoms with Gasteiger partial charge in [-0.1, -0.05) is 19.3 Å². The van der Waals surface area contributed by atoms with Crippen molar-refractivity contribution in [2.24, 2.45) is 7.05 Å². The summed E-state index contributed by atoms with van der Waals surface area (Å²) in [6.07, 6.45) is 6.25. The van der Waals surface area contributed by atoms with Crippen LogP contribution in [0.15, 0.2) is 27.9 Å². The monoisotopic (exact) mass is 502 g/mol. The SMILES string of the molecule is CNCCCN(C)S(=O)(=O)c1ccc(-c2nc3c(c(C4CCCCC4)nn3C)c(=O)[nH]2)c(OC)c1. The largest absolute Gasteiger partial charge is 0.496 e. The molecule has 0 unspecified atom stereocenters. The molecule has 35 heavy (non-hydrogen) atoms. The minimum atomic E-state index is -3.69. The highest BCUT2D eigenvalue weighted by atomic mass is 32.2. The lowest BCUT2D eigenvalue weighted by Gasteiger charge is -2.19. The van der Waals surface area contributed by atoms with Crippen molar-refractivity contribution in [1.29, 1.82) is 0 Å². The molecule has 1 aromatic carbocycles. The number of rotatable bonds is 9. The predicted molar refractivity (Wildman–Crippen MR) is 135 cm³/mol. The van der Waals surface area contributed by atoms with Crippen molar-refractivity contribution < 1.29 is 13.2 Å². The van der Waals surface area contributed by atoms with Gasteiger partial charge in [-0.25, -0.2) is 22.4 Å². The molecule has 1 saturated carbocycles. The Labute approximate surface area is 205 Å². The van der Waals surface area contributed by atoms with Crippen molar-refractivity contribution in [3.63, 3.8) is 0 Å². The first-order valence-corrected chi connectivity index (χ1v) is 13.5. The first-order chi connectivity index (χ1) is 16.8. The highest BCUT2D eigenvalue weighted by Crippen LogP contribution is 2.35. The highest BCUT2D eigenvalue weighted by Gasteiger charge is 2.26. The van der Waals surface area contributed by atoms with Crippen LogP contribution in [0.5, 0.6) is 5.75 Å². The van der Waals surface area contributed by atoms with E-state index in [-0.39, 0.29) is 16.4 Å². The number of nitrogens with zero attached hydrogens (tertiary/aromatic N) is 4. The van der Waals surface area contributed by atoms with Gasteiger partial charge in [0.2, 0.25) is 10.0 Å². The van der Waals surface area contributed by atoms with Gasteiger partial charge in [-0.3, -0.25) is 4.79 Å². The van der Waals surface area contributed by atoms with E-state index in [9.17, 15) is 13.2 Å². The molecule has 2 heterocycles. The molecule has 1 fully saturated rings. The zero-order valence-corrected chi connectivity index (χ0v) is 21.6. The lowest BCUT2D eigenvalue weighted by molar-refractivity contribution is 0.414.